The van der Waals surface area contributed by atoms with Gasteiger partial charge in [0.1, 0.15) is 0 Å². The highest BCUT2D eigenvalue weighted by atomic mass is 16.2. The molecule has 0 aromatic heterocycles. The molecule has 1 aromatic carbocycles. The topological polar surface area (TPSA) is 49.4 Å². The van der Waals surface area contributed by atoms with E-state index >= 15 is 0 Å². The minimum Gasteiger partial charge on any atom is -0.341 e. The number of anilines is 1. The number of nitrogens with zero attached hydrogens (tertiary/aromatic N) is 1. The lowest BCUT2D eigenvalue weighted by molar-refractivity contribution is -0.156. The molecular formula is C21H28N2O2. The molecule has 0 saturated heterocycles. The van der Waals surface area contributed by atoms with Gasteiger partial charge >= 0.3 is 0 Å². The monoisotopic (exact) mass is 340 g/mol. The third-order valence-corrected chi connectivity index (χ3v) is 6.51. The van der Waals surface area contributed by atoms with Gasteiger partial charge in [0, 0.05) is 26.2 Å². The minimum absolute atomic E-state index is 0.0739. The number of hydrogen-bond donors (Lipinski definition) is 1. The maximum atomic E-state index is 13.3. The van der Waals surface area contributed by atoms with Gasteiger partial charge in [-0.1, -0.05) is 12.1 Å². The summed E-state index contributed by atoms with van der Waals surface area (Å²) in [6, 6.07) is 7.80. The quantitative estimate of drug-likeness (QED) is 0.906. The van der Waals surface area contributed by atoms with Crippen molar-refractivity contribution in [2.24, 2.45) is 23.2 Å². The summed E-state index contributed by atoms with van der Waals surface area (Å²) < 4.78 is 0. The van der Waals surface area contributed by atoms with Crippen LogP contribution in [0.4, 0.5) is 5.69 Å². The summed E-state index contributed by atoms with van der Waals surface area (Å²) in [5, 5.41) is 2.81. The first kappa shape index (κ1) is 16.6. The second-order valence-corrected chi connectivity index (χ2v) is 8.74. The van der Waals surface area contributed by atoms with Gasteiger partial charge in [-0.3, -0.25) is 9.59 Å². The third-order valence-electron chi connectivity index (χ3n) is 6.51. The second-order valence-electron chi connectivity index (χ2n) is 8.74. The smallest absolute Gasteiger partial charge is 0.228 e. The average Bonchev–Trinajstić information content (AvgIpc) is 2.52. The lowest BCUT2D eigenvalue weighted by atomic mass is 9.49. The van der Waals surface area contributed by atoms with Crippen molar-refractivity contribution in [3.8, 4) is 0 Å². The Morgan fingerprint density at radius 2 is 1.72 bits per heavy atom. The Balaban J connectivity index is 1.47. The Morgan fingerprint density at radius 3 is 2.28 bits per heavy atom. The molecule has 1 aromatic rings. The summed E-state index contributed by atoms with van der Waals surface area (Å²) in [5.41, 5.74) is 1.77. The SMILES string of the molecule is CC(=O)Nc1cccc(CN(C)C(=O)C23CC4CC(CC(C4)C2)C3)c1. The Hall–Kier alpha value is -1.84. The normalized spacial score (nSPS) is 32.5. The standard InChI is InChI=1S/C21H28N2O2/c1-14(24)22-19-5-3-4-15(9-19)13-23(2)20(25)21-10-16-6-17(11-21)8-18(7-16)12-21/h3-5,9,16-18H,6-8,10-13H2,1-2H3,(H,22,24). The second kappa shape index (κ2) is 6.15. The van der Waals surface area contributed by atoms with Gasteiger partial charge in [-0.15, -0.1) is 0 Å². The lowest BCUT2D eigenvalue weighted by Gasteiger charge is -2.56. The fourth-order valence-corrected chi connectivity index (χ4v) is 6.07. The maximum absolute atomic E-state index is 13.3. The van der Waals surface area contributed by atoms with E-state index in [1.807, 2.05) is 36.2 Å². The molecule has 25 heavy (non-hydrogen) atoms. The van der Waals surface area contributed by atoms with E-state index in [2.05, 4.69) is 5.32 Å². The summed E-state index contributed by atoms with van der Waals surface area (Å²) in [7, 11) is 1.94. The summed E-state index contributed by atoms with van der Waals surface area (Å²) in [6.45, 7) is 2.11. The molecule has 4 aliphatic carbocycles. The maximum Gasteiger partial charge on any atom is 0.228 e. The first-order valence-corrected chi connectivity index (χ1v) is 9.56. The predicted molar refractivity (Wildman–Crippen MR) is 97.8 cm³/mol. The van der Waals surface area contributed by atoms with Crippen LogP contribution in [0.25, 0.3) is 0 Å². The fourth-order valence-electron chi connectivity index (χ4n) is 6.07. The van der Waals surface area contributed by atoms with Crippen LogP contribution in [-0.2, 0) is 16.1 Å². The lowest BCUT2D eigenvalue weighted by Crippen LogP contribution is -2.53. The molecule has 4 aliphatic rings. The van der Waals surface area contributed by atoms with Gasteiger partial charge in [0.15, 0.2) is 0 Å². The number of carbonyl (C=O) groups excluding carboxylic acids is 2. The molecule has 0 spiro atoms. The van der Waals surface area contributed by atoms with Crippen molar-refractivity contribution in [3.05, 3.63) is 29.8 Å². The molecule has 4 fully saturated rings. The van der Waals surface area contributed by atoms with E-state index in [9.17, 15) is 9.59 Å². The zero-order valence-corrected chi connectivity index (χ0v) is 15.3. The summed E-state index contributed by atoms with van der Waals surface area (Å²) in [6.07, 6.45) is 7.38. The van der Waals surface area contributed by atoms with Crippen molar-refractivity contribution in [2.75, 3.05) is 12.4 Å². The van der Waals surface area contributed by atoms with Gasteiger partial charge in [0.25, 0.3) is 0 Å². The third kappa shape index (κ3) is 3.19. The Labute approximate surface area is 150 Å². The van der Waals surface area contributed by atoms with E-state index in [1.54, 1.807) is 0 Å². The molecule has 0 aliphatic heterocycles. The molecule has 134 valence electrons. The highest BCUT2D eigenvalue weighted by Gasteiger charge is 2.55. The van der Waals surface area contributed by atoms with Gasteiger partial charge in [-0.25, -0.2) is 0 Å². The van der Waals surface area contributed by atoms with Crippen LogP contribution < -0.4 is 5.32 Å². The van der Waals surface area contributed by atoms with Gasteiger partial charge in [0.2, 0.25) is 11.8 Å². The largest absolute Gasteiger partial charge is 0.341 e. The molecule has 0 atom stereocenters. The molecule has 0 heterocycles. The molecule has 0 radical (unpaired) electrons. The van der Waals surface area contributed by atoms with Crippen LogP contribution in [0.2, 0.25) is 0 Å². The predicted octanol–water partition coefficient (Wildman–Crippen LogP) is 3.82. The minimum atomic E-state index is -0.0846. The Bertz CT molecular complexity index is 662. The Morgan fingerprint density at radius 1 is 1.12 bits per heavy atom. The highest BCUT2D eigenvalue weighted by Crippen LogP contribution is 2.60. The number of carbonyl (C=O) groups is 2. The zero-order valence-electron chi connectivity index (χ0n) is 15.3. The van der Waals surface area contributed by atoms with Crippen LogP contribution in [0.1, 0.15) is 51.0 Å². The zero-order chi connectivity index (χ0) is 17.6. The van der Waals surface area contributed by atoms with Crippen molar-refractivity contribution in [1.29, 1.82) is 0 Å². The average molecular weight is 340 g/mol. The summed E-state index contributed by atoms with van der Waals surface area (Å²) in [4.78, 5) is 26.5. The molecule has 1 N–H and O–H groups in total. The Kier molecular flexibility index (Phi) is 4.09. The van der Waals surface area contributed by atoms with E-state index in [0.29, 0.717) is 12.5 Å². The molecule has 4 nitrogen and oxygen atoms in total. The number of amides is 2. The van der Waals surface area contributed by atoms with Gasteiger partial charge < -0.3 is 10.2 Å². The van der Waals surface area contributed by atoms with Gasteiger partial charge in [-0.05, 0) is 74.0 Å². The van der Waals surface area contributed by atoms with Crippen molar-refractivity contribution < 1.29 is 9.59 Å². The highest BCUT2D eigenvalue weighted by molar-refractivity contribution is 5.88. The number of rotatable bonds is 4. The van der Waals surface area contributed by atoms with Crippen LogP contribution in [0.15, 0.2) is 24.3 Å². The van der Waals surface area contributed by atoms with E-state index in [1.165, 1.54) is 26.2 Å². The summed E-state index contributed by atoms with van der Waals surface area (Å²) >= 11 is 0. The number of nitrogens with one attached hydrogen (secondary N) is 1. The molecule has 0 unspecified atom stereocenters. The van der Waals surface area contributed by atoms with Gasteiger partial charge in [-0.2, -0.15) is 0 Å². The van der Waals surface area contributed by atoms with E-state index in [-0.39, 0.29) is 11.3 Å². The summed E-state index contributed by atoms with van der Waals surface area (Å²) in [5.74, 6) is 2.62. The van der Waals surface area contributed by atoms with Crippen LogP contribution in [0.5, 0.6) is 0 Å². The first-order chi connectivity index (χ1) is 11.9. The van der Waals surface area contributed by atoms with E-state index < -0.39 is 0 Å². The van der Waals surface area contributed by atoms with Crippen molar-refractivity contribution in [3.63, 3.8) is 0 Å². The molecule has 4 saturated carbocycles. The van der Waals surface area contributed by atoms with Crippen LogP contribution in [0, 0.1) is 23.2 Å². The van der Waals surface area contributed by atoms with Crippen LogP contribution >= 0.6 is 0 Å². The van der Waals surface area contributed by atoms with Crippen LogP contribution in [0.3, 0.4) is 0 Å². The molecule has 4 bridgehead atoms. The number of hydrogen-bond acceptors (Lipinski definition) is 2. The molecule has 2 amide bonds. The van der Waals surface area contributed by atoms with Crippen molar-refractivity contribution in [1.82, 2.24) is 4.90 Å². The fraction of sp³-hybridized carbons (Fsp3) is 0.619. The van der Waals surface area contributed by atoms with Crippen LogP contribution in [-0.4, -0.2) is 23.8 Å². The van der Waals surface area contributed by atoms with E-state index in [0.717, 1.165) is 48.3 Å². The number of benzene rings is 1. The molecular weight excluding hydrogens is 312 g/mol. The molecule has 5 rings (SSSR count). The molecule has 4 heteroatoms. The van der Waals surface area contributed by atoms with E-state index in [4.69, 9.17) is 0 Å². The van der Waals surface area contributed by atoms with Crippen molar-refractivity contribution >= 4 is 17.5 Å². The van der Waals surface area contributed by atoms with Crippen molar-refractivity contribution in [2.45, 2.75) is 52.0 Å². The van der Waals surface area contributed by atoms with Gasteiger partial charge in [0.05, 0.1) is 5.41 Å². The first-order valence-electron chi connectivity index (χ1n) is 9.56.